The maximum Gasteiger partial charge on any atom is 0.266 e. The number of aromatic nitrogens is 3. The molecule has 0 N–H and O–H groups in total. The Hall–Kier alpha value is -1.53. The van der Waals surface area contributed by atoms with Gasteiger partial charge in [-0.25, -0.2) is 9.06 Å². The fourth-order valence-electron chi connectivity index (χ4n) is 3.33. The molecule has 0 aromatic carbocycles. The van der Waals surface area contributed by atoms with E-state index in [9.17, 15) is 4.79 Å². The molecule has 0 spiro atoms. The van der Waals surface area contributed by atoms with Crippen LogP contribution >= 0.6 is 11.5 Å². The second-order valence-electron chi connectivity index (χ2n) is 6.81. The Bertz CT molecular complexity index is 700. The van der Waals surface area contributed by atoms with Gasteiger partial charge in [-0.15, -0.1) is 0 Å². The second-order valence-corrected chi connectivity index (χ2v) is 7.46. The summed E-state index contributed by atoms with van der Waals surface area (Å²) in [6.45, 7) is 3.96. The van der Waals surface area contributed by atoms with Gasteiger partial charge in [0.25, 0.3) is 5.56 Å². The molecule has 0 radical (unpaired) electrons. The summed E-state index contributed by atoms with van der Waals surface area (Å²) in [6.07, 6.45) is 6.68. The second kappa shape index (κ2) is 6.53. The van der Waals surface area contributed by atoms with Gasteiger partial charge in [0, 0.05) is 36.7 Å². The molecule has 2 fully saturated rings. The molecule has 23 heavy (non-hydrogen) atoms. The Morgan fingerprint density at radius 2 is 2.00 bits per heavy atom. The Labute approximate surface area is 140 Å². The Balaban J connectivity index is 1.34. The summed E-state index contributed by atoms with van der Waals surface area (Å²) in [4.78, 5) is 14.5. The number of piperidine rings is 1. The maximum atomic E-state index is 12.0. The Morgan fingerprint density at radius 3 is 2.70 bits per heavy atom. The van der Waals surface area contributed by atoms with Crippen molar-refractivity contribution in [3.63, 3.8) is 0 Å². The highest BCUT2D eigenvalue weighted by atomic mass is 32.1. The topological polar surface area (TPSA) is 51.0 Å². The summed E-state index contributed by atoms with van der Waals surface area (Å²) < 4.78 is 5.87. The Morgan fingerprint density at radius 1 is 1.17 bits per heavy atom. The molecule has 2 aromatic rings. The van der Waals surface area contributed by atoms with Gasteiger partial charge in [0.05, 0.1) is 5.69 Å². The molecule has 2 aromatic heterocycles. The molecule has 4 rings (SSSR count). The predicted molar refractivity (Wildman–Crippen MR) is 90.6 cm³/mol. The van der Waals surface area contributed by atoms with Crippen LogP contribution in [0.1, 0.15) is 42.9 Å². The zero-order chi connectivity index (χ0) is 15.6. The molecule has 0 unspecified atom stereocenters. The first kappa shape index (κ1) is 15.0. The summed E-state index contributed by atoms with van der Waals surface area (Å²) >= 11 is 1.52. The van der Waals surface area contributed by atoms with E-state index >= 15 is 0 Å². The summed E-state index contributed by atoms with van der Waals surface area (Å²) in [5, 5.41) is 6.72. The molecule has 1 aliphatic carbocycles. The smallest absolute Gasteiger partial charge is 0.266 e. The standard InChI is InChI=1S/C17H22N4OS/c22-17-4-3-16(15-1-2-15)19-21(17)11-13-5-7-20(8-6-13)10-14-9-18-23-12-14/h3-4,9,12-13,15H,1-2,5-8,10-11H2. The molecule has 1 saturated heterocycles. The fourth-order valence-corrected chi connectivity index (χ4v) is 3.85. The molecule has 1 aliphatic heterocycles. The van der Waals surface area contributed by atoms with Crippen molar-refractivity contribution in [1.29, 1.82) is 0 Å². The molecule has 122 valence electrons. The highest BCUT2D eigenvalue weighted by Crippen LogP contribution is 2.38. The van der Waals surface area contributed by atoms with E-state index in [0.29, 0.717) is 11.8 Å². The minimum absolute atomic E-state index is 0.0428. The average Bonchev–Trinajstić information content (AvgIpc) is 3.29. The molecular formula is C17H22N4OS. The summed E-state index contributed by atoms with van der Waals surface area (Å²) in [6, 6.07) is 3.60. The van der Waals surface area contributed by atoms with Crippen LogP contribution in [0.15, 0.2) is 28.5 Å². The van der Waals surface area contributed by atoms with Crippen LogP contribution in [0.4, 0.5) is 0 Å². The molecule has 1 saturated carbocycles. The quantitative estimate of drug-likeness (QED) is 0.845. The van der Waals surface area contributed by atoms with Gasteiger partial charge < -0.3 is 0 Å². The zero-order valence-corrected chi connectivity index (χ0v) is 14.0. The van der Waals surface area contributed by atoms with Gasteiger partial charge in [-0.05, 0) is 67.9 Å². The van der Waals surface area contributed by atoms with Gasteiger partial charge in [0.15, 0.2) is 0 Å². The third-order valence-electron chi connectivity index (χ3n) is 4.91. The first-order chi connectivity index (χ1) is 11.3. The highest BCUT2D eigenvalue weighted by Gasteiger charge is 2.26. The van der Waals surface area contributed by atoms with Crippen LogP contribution in [0.3, 0.4) is 0 Å². The van der Waals surface area contributed by atoms with Crippen molar-refractivity contribution in [2.75, 3.05) is 13.1 Å². The summed E-state index contributed by atoms with van der Waals surface area (Å²) in [5.41, 5.74) is 2.46. The SMILES string of the molecule is O=c1ccc(C2CC2)nn1CC1CCN(Cc2cnsc2)CC1. The van der Waals surface area contributed by atoms with Crippen molar-refractivity contribution < 1.29 is 0 Å². The van der Waals surface area contributed by atoms with E-state index in [-0.39, 0.29) is 5.56 Å². The lowest BCUT2D eigenvalue weighted by Crippen LogP contribution is -2.36. The van der Waals surface area contributed by atoms with Crippen molar-refractivity contribution in [3.05, 3.63) is 45.3 Å². The van der Waals surface area contributed by atoms with Gasteiger partial charge in [0.1, 0.15) is 0 Å². The lowest BCUT2D eigenvalue weighted by atomic mass is 9.96. The number of hydrogen-bond acceptors (Lipinski definition) is 5. The van der Waals surface area contributed by atoms with Crippen molar-refractivity contribution in [3.8, 4) is 0 Å². The van der Waals surface area contributed by atoms with Crippen LogP contribution in [0.25, 0.3) is 0 Å². The Kier molecular flexibility index (Phi) is 4.27. The van der Waals surface area contributed by atoms with E-state index in [1.165, 1.54) is 29.9 Å². The van der Waals surface area contributed by atoms with Gasteiger partial charge in [-0.2, -0.15) is 5.10 Å². The van der Waals surface area contributed by atoms with Crippen LogP contribution in [0, 0.1) is 5.92 Å². The summed E-state index contributed by atoms with van der Waals surface area (Å²) in [7, 11) is 0. The third kappa shape index (κ3) is 3.70. The number of likely N-dealkylation sites (tertiary alicyclic amines) is 1. The normalized spacial score (nSPS) is 20.0. The first-order valence-corrected chi connectivity index (χ1v) is 9.30. The molecule has 0 atom stereocenters. The van der Waals surface area contributed by atoms with Gasteiger partial charge in [-0.3, -0.25) is 9.69 Å². The first-order valence-electron chi connectivity index (χ1n) is 8.46. The van der Waals surface area contributed by atoms with Crippen LogP contribution in [-0.2, 0) is 13.1 Å². The van der Waals surface area contributed by atoms with Crippen molar-refractivity contribution in [1.82, 2.24) is 19.1 Å². The summed E-state index contributed by atoms with van der Waals surface area (Å²) in [5.74, 6) is 1.16. The van der Waals surface area contributed by atoms with Crippen molar-refractivity contribution in [2.24, 2.45) is 5.92 Å². The molecule has 3 heterocycles. The van der Waals surface area contributed by atoms with E-state index in [1.807, 2.05) is 12.3 Å². The molecule has 6 heteroatoms. The predicted octanol–water partition coefficient (Wildman–Crippen LogP) is 2.49. The van der Waals surface area contributed by atoms with E-state index in [1.54, 1.807) is 10.7 Å². The molecule has 0 amide bonds. The maximum absolute atomic E-state index is 12.0. The lowest BCUT2D eigenvalue weighted by Gasteiger charge is -2.31. The zero-order valence-electron chi connectivity index (χ0n) is 13.2. The third-order valence-corrected chi connectivity index (χ3v) is 5.55. The largest absolute Gasteiger partial charge is 0.299 e. The van der Waals surface area contributed by atoms with Gasteiger partial charge >= 0.3 is 0 Å². The fraction of sp³-hybridized carbons (Fsp3) is 0.588. The van der Waals surface area contributed by atoms with E-state index in [2.05, 4.69) is 19.8 Å². The van der Waals surface area contributed by atoms with Crippen LogP contribution in [0.5, 0.6) is 0 Å². The molecule has 2 aliphatic rings. The number of hydrogen-bond donors (Lipinski definition) is 0. The number of nitrogens with zero attached hydrogens (tertiary/aromatic N) is 4. The van der Waals surface area contributed by atoms with E-state index in [0.717, 1.165) is 44.7 Å². The molecule has 0 bridgehead atoms. The van der Waals surface area contributed by atoms with Crippen molar-refractivity contribution >= 4 is 11.5 Å². The number of rotatable bonds is 5. The van der Waals surface area contributed by atoms with Gasteiger partial charge in [-0.1, -0.05) is 0 Å². The highest BCUT2D eigenvalue weighted by molar-refractivity contribution is 7.03. The molecule has 5 nitrogen and oxygen atoms in total. The lowest BCUT2D eigenvalue weighted by molar-refractivity contribution is 0.163. The van der Waals surface area contributed by atoms with Crippen LogP contribution < -0.4 is 5.56 Å². The minimum Gasteiger partial charge on any atom is -0.299 e. The van der Waals surface area contributed by atoms with E-state index < -0.39 is 0 Å². The van der Waals surface area contributed by atoms with Crippen LogP contribution in [-0.4, -0.2) is 32.1 Å². The van der Waals surface area contributed by atoms with Gasteiger partial charge in [0.2, 0.25) is 0 Å². The van der Waals surface area contributed by atoms with Crippen molar-refractivity contribution in [2.45, 2.75) is 44.7 Å². The molecular weight excluding hydrogens is 308 g/mol. The average molecular weight is 330 g/mol. The van der Waals surface area contributed by atoms with E-state index in [4.69, 9.17) is 0 Å². The minimum atomic E-state index is 0.0428. The monoisotopic (exact) mass is 330 g/mol. The van der Waals surface area contributed by atoms with Crippen LogP contribution in [0.2, 0.25) is 0 Å².